The molecule has 0 unspecified atom stereocenters. The number of anilines is 9. The summed E-state index contributed by atoms with van der Waals surface area (Å²) < 4.78 is 120. The van der Waals surface area contributed by atoms with Gasteiger partial charge in [0, 0.05) is 142 Å². The molecule has 5 heterocycles. The molecule has 23 nitrogen and oxygen atoms in total. The van der Waals surface area contributed by atoms with Crippen molar-refractivity contribution in [2.24, 2.45) is 43.3 Å². The summed E-state index contributed by atoms with van der Waals surface area (Å²) in [6, 6.07) is 43.3. The van der Waals surface area contributed by atoms with Gasteiger partial charge in [-0.1, -0.05) is 243 Å². The maximum absolute atomic E-state index is 12.8. The van der Waals surface area contributed by atoms with Gasteiger partial charge in [-0.2, -0.15) is 4.98 Å². The molecule has 35 heteroatoms. The molecule has 0 spiro atoms. The highest BCUT2D eigenvalue weighted by Crippen LogP contribution is 2.33. The first kappa shape index (κ1) is 124. The molecule has 0 bridgehead atoms. The summed E-state index contributed by atoms with van der Waals surface area (Å²) in [6.07, 6.45) is -3.94. The number of rotatable bonds is 26. The van der Waals surface area contributed by atoms with Crippen LogP contribution in [0.4, 0.5) is 87.2 Å². The van der Waals surface area contributed by atoms with E-state index < -0.39 is 12.7 Å². The quantitative estimate of drug-likeness (QED) is 0.0178. The topological polar surface area (TPSA) is 270 Å². The summed E-state index contributed by atoms with van der Waals surface area (Å²) in [7, 11) is 4.90. The molecule has 0 aliphatic heterocycles. The lowest BCUT2D eigenvalue weighted by Crippen LogP contribution is -2.35. The van der Waals surface area contributed by atoms with Gasteiger partial charge >= 0.3 is 12.7 Å². The number of nitrogens with zero attached hydrogens (tertiary/aromatic N) is 8. The maximum atomic E-state index is 12.8. The highest BCUT2D eigenvalue weighted by atomic mass is 35.5. The number of hydrogen-bond donors (Lipinski definition) is 10. The fraction of sp³-hybridized carbons (Fsp3) is 0.500. The van der Waals surface area contributed by atoms with E-state index in [1.54, 1.807) is 82.3 Å². The molecule has 0 saturated heterocycles. The second kappa shape index (κ2) is 58.6. The zero-order valence-corrected chi connectivity index (χ0v) is 90.0. The van der Waals surface area contributed by atoms with Crippen LogP contribution in [0.25, 0.3) is 0 Å². The molecule has 0 radical (unpaired) electrons. The average molecular weight is 2030 g/mol. The first-order chi connectivity index (χ1) is 63.9. The zero-order valence-electron chi connectivity index (χ0n) is 87.0. The second-order valence-corrected chi connectivity index (χ2v) is 44.5. The van der Waals surface area contributed by atoms with Crippen LogP contribution in [0, 0.1) is 61.9 Å². The van der Waals surface area contributed by atoms with Crippen molar-refractivity contribution >= 4 is 98.5 Å². The van der Waals surface area contributed by atoms with E-state index in [9.17, 15) is 35.1 Å². The molecule has 10 rings (SSSR count). The first-order valence-electron chi connectivity index (χ1n) is 45.4. The predicted molar refractivity (Wildman–Crippen MR) is 562 cm³/mol. The van der Waals surface area contributed by atoms with Crippen molar-refractivity contribution in [3.63, 3.8) is 0 Å². The monoisotopic (exact) mass is 2030 g/mol. The van der Waals surface area contributed by atoms with Crippen molar-refractivity contribution in [2.45, 2.75) is 225 Å². The van der Waals surface area contributed by atoms with E-state index >= 15 is 0 Å². The fourth-order valence-corrected chi connectivity index (χ4v) is 10.8. The van der Waals surface area contributed by atoms with Gasteiger partial charge in [-0.25, -0.2) is 38.7 Å². The molecule has 0 aliphatic rings. The van der Waals surface area contributed by atoms with Crippen LogP contribution in [-0.4, -0.2) is 132 Å². The molecule has 0 amide bonds. The van der Waals surface area contributed by atoms with Crippen molar-refractivity contribution in [1.82, 2.24) is 45.2 Å². The van der Waals surface area contributed by atoms with Crippen molar-refractivity contribution in [1.29, 1.82) is 0 Å². The van der Waals surface area contributed by atoms with Gasteiger partial charge in [0.2, 0.25) is 23.7 Å². The van der Waals surface area contributed by atoms with Crippen molar-refractivity contribution in [2.75, 3.05) is 122 Å². The van der Waals surface area contributed by atoms with Crippen LogP contribution in [0.2, 0.25) is 20.6 Å². The van der Waals surface area contributed by atoms with Crippen LogP contribution in [0.15, 0.2) is 176 Å². The van der Waals surface area contributed by atoms with Crippen LogP contribution < -0.4 is 76.9 Å². The van der Waals surface area contributed by atoms with Gasteiger partial charge in [-0.15, -0.1) is 26.3 Å². The molecule has 0 atom stereocenters. The van der Waals surface area contributed by atoms with E-state index in [-0.39, 0.29) is 72.0 Å². The highest BCUT2D eigenvalue weighted by molar-refractivity contribution is 6.33. The molecule has 772 valence electrons. The third-order valence-electron chi connectivity index (χ3n) is 16.8. The first-order valence-corrected chi connectivity index (χ1v) is 46.9. The SMILES string of the molecule is CC(C)(C)CNc1ccc(OC(F)(F)F)cc1.CC(C)(C)CNc1cccc(F)c1.CC(C)(C)CNc1cccc(OC(F)(F)F)c1.CC(C)(C)CNc1nc(Cl)cc(Cl)n1.CC(C)(C)CNc1nc(Cl)cc(NCc2cccnc2)n1.CC(C)(C)NCc1cccc(F)c1.COc1ccc(NCC(C)(C)C)cc1OC.COc1ccc(NCC(C)(C)C)cn1.Cc1cc(Cl)nc(NCC(C)(C)C)n1. The van der Waals surface area contributed by atoms with E-state index in [4.69, 9.17) is 60.6 Å². The van der Waals surface area contributed by atoms with Gasteiger partial charge < -0.3 is 76.9 Å². The number of aryl methyl sites for hydroxylation is 1. The third kappa shape index (κ3) is 68.2. The van der Waals surface area contributed by atoms with Gasteiger partial charge in [0.15, 0.2) is 11.5 Å². The Labute approximate surface area is 841 Å². The number of methoxy groups -OCH3 is 3. The van der Waals surface area contributed by atoms with Crippen LogP contribution in [0.1, 0.15) is 204 Å². The molecular formula is C104H152Cl4F8N18O5. The second-order valence-electron chi connectivity index (χ2n) is 43.0. The lowest BCUT2D eigenvalue weighted by molar-refractivity contribution is -0.275. The number of hydrogen-bond acceptors (Lipinski definition) is 23. The molecule has 5 aromatic carbocycles. The smallest absolute Gasteiger partial charge is 0.493 e. The van der Waals surface area contributed by atoms with Gasteiger partial charge in [0.05, 0.1) is 33.2 Å². The third-order valence-corrected chi connectivity index (χ3v) is 17.6. The summed E-state index contributed by atoms with van der Waals surface area (Å²) in [6.45, 7) is 67.1. The minimum absolute atomic E-state index is 0.0564. The average Bonchev–Trinajstić information content (AvgIpc) is 0.843. The number of ether oxygens (including phenoxy) is 5. The van der Waals surface area contributed by atoms with Gasteiger partial charge in [-0.05, 0) is 179 Å². The molecule has 139 heavy (non-hydrogen) atoms. The summed E-state index contributed by atoms with van der Waals surface area (Å²) in [4.78, 5) is 33.1. The summed E-state index contributed by atoms with van der Waals surface area (Å²) >= 11 is 23.3. The number of nitrogens with one attached hydrogen (secondary N) is 10. The predicted octanol–water partition coefficient (Wildman–Crippen LogP) is 29.5. The zero-order chi connectivity index (χ0) is 106. The van der Waals surface area contributed by atoms with E-state index in [1.165, 1.54) is 54.6 Å². The highest BCUT2D eigenvalue weighted by Gasteiger charge is 2.32. The lowest BCUT2D eigenvalue weighted by Gasteiger charge is -2.20. The van der Waals surface area contributed by atoms with Crippen LogP contribution in [0.5, 0.6) is 28.9 Å². The fourth-order valence-electron chi connectivity index (χ4n) is 9.97. The Hall–Kier alpha value is -10.6. The minimum atomic E-state index is -4.65. The summed E-state index contributed by atoms with van der Waals surface area (Å²) in [5.41, 5.74) is 8.76. The number of aromatic nitrogens is 8. The Kier molecular flexibility index (Phi) is 52.5. The standard InChI is InChI=1S/C15H20ClN5.C13H21NO2.2C12H16F3NO.2C11H16FN.C11H18N2O.C10H16ClN3.C9H13Cl2N3/c1-15(2,3)10-19-14-20-12(16)7-13(21-14)18-9-11-5-4-6-17-8-11;1-13(2,3)9-14-10-6-7-11(15-4)12(8-10)16-5;1-11(2,3)8-16-9-4-6-10(7-5-9)17-12(13,14)15;1-11(2,3)8-16-9-5-4-6-10(7-9)17-12(13,14)15;1-11(2,3)8-13-10-6-4-5-9(12)7-10;1-11(2,3)13-8-9-5-4-6-10(12)7-9;1-11(2,3)8-13-9-5-6-10(14-4)12-7-9;1-7-5-8(11)14-9(13-7)12-6-10(2,3)4;1-9(2,3)5-12-8-13-6(10)4-7(11)14-8/h4-8H,9-10H2,1-3H3,(H2,18,19,20,21);6-8,14H,9H2,1-5H3;2*4-7,16H,8H2,1-3H3;2*4-7,13H,8H2,1-3H3;5-7,13H,8H2,1-4H3;5H,6H2,1-4H3,(H,12,13,14);4H,5H2,1-3H3,(H,12,13,14). The van der Waals surface area contributed by atoms with Gasteiger partial charge in [0.1, 0.15) is 49.6 Å². The van der Waals surface area contributed by atoms with Crippen molar-refractivity contribution in [3.05, 3.63) is 225 Å². The Bertz CT molecular complexity index is 4970. The number of benzene rings is 5. The Morgan fingerprint density at radius 2 is 0.691 bits per heavy atom. The van der Waals surface area contributed by atoms with E-state index in [1.807, 2.05) is 88.5 Å². The number of alkyl halides is 6. The van der Waals surface area contributed by atoms with E-state index in [0.29, 0.717) is 75.5 Å². The Morgan fingerprint density at radius 1 is 0.309 bits per heavy atom. The summed E-state index contributed by atoms with van der Waals surface area (Å²) in [5, 5.41) is 33.6. The van der Waals surface area contributed by atoms with Crippen LogP contribution in [-0.2, 0) is 13.1 Å². The van der Waals surface area contributed by atoms with Crippen molar-refractivity contribution in [3.8, 4) is 28.9 Å². The minimum Gasteiger partial charge on any atom is -0.493 e. The summed E-state index contributed by atoms with van der Waals surface area (Å²) in [5.74, 6) is 3.66. The Morgan fingerprint density at radius 3 is 1.10 bits per heavy atom. The normalized spacial score (nSPS) is 11.6. The molecule has 0 saturated carbocycles. The van der Waals surface area contributed by atoms with E-state index in [2.05, 4.69) is 269 Å². The number of halogens is 12. The largest absolute Gasteiger partial charge is 0.573 e. The van der Waals surface area contributed by atoms with Gasteiger partial charge in [0.25, 0.3) is 0 Å². The van der Waals surface area contributed by atoms with E-state index in [0.717, 1.165) is 96.9 Å². The van der Waals surface area contributed by atoms with Crippen LogP contribution in [0.3, 0.4) is 0 Å². The maximum Gasteiger partial charge on any atom is 0.573 e. The number of pyridine rings is 2. The molecule has 0 aliphatic carbocycles. The molecule has 0 fully saturated rings. The van der Waals surface area contributed by atoms with Crippen molar-refractivity contribution < 1.29 is 58.8 Å². The molecule has 10 N–H and O–H groups in total. The lowest BCUT2D eigenvalue weighted by atomic mass is 9.97. The molecule has 10 aromatic rings. The van der Waals surface area contributed by atoms with Crippen LogP contribution >= 0.6 is 46.4 Å². The van der Waals surface area contributed by atoms with Gasteiger partial charge in [-0.3, -0.25) is 4.98 Å². The Balaban J connectivity index is 0.000000531. The molecule has 5 aromatic heterocycles. The molecular weight excluding hydrogens is 1880 g/mol.